The molecule has 7 N–H and O–H groups in total. The number of nitrogens with two attached hydrogens (primary N) is 2. The second-order valence-corrected chi connectivity index (χ2v) is 8.70. The molecule has 4 atom stereocenters. The topological polar surface area (TPSA) is 154 Å². The summed E-state index contributed by atoms with van der Waals surface area (Å²) in [5.41, 5.74) is 12.4. The summed E-state index contributed by atoms with van der Waals surface area (Å²) in [6.07, 6.45) is 3.30. The number of nitrogens with one attached hydrogen (secondary N) is 3. The third-order valence-corrected chi connectivity index (χ3v) is 6.13. The van der Waals surface area contributed by atoms with Crippen LogP contribution in [-0.2, 0) is 20.8 Å². The molecule has 0 bridgehead atoms. The van der Waals surface area contributed by atoms with Crippen molar-refractivity contribution in [2.75, 3.05) is 13.1 Å². The number of fused-ring (bicyclic) bond motifs is 1. The molecule has 2 unspecified atom stereocenters. The van der Waals surface area contributed by atoms with Crippen molar-refractivity contribution in [3.05, 3.63) is 35.4 Å². The number of carbonyl (C=O) groups excluding carboxylic acids is 3. The molecule has 9 heteroatoms. The van der Waals surface area contributed by atoms with Gasteiger partial charge in [0.05, 0.1) is 17.6 Å². The van der Waals surface area contributed by atoms with E-state index in [0.29, 0.717) is 25.8 Å². The number of rotatable bonds is 8. The van der Waals surface area contributed by atoms with Crippen molar-refractivity contribution < 1.29 is 14.4 Å². The highest BCUT2D eigenvalue weighted by Gasteiger charge is 2.41. The largest absolute Gasteiger partial charge is 0.370 e. The van der Waals surface area contributed by atoms with E-state index in [9.17, 15) is 14.4 Å². The van der Waals surface area contributed by atoms with Gasteiger partial charge in [0, 0.05) is 13.1 Å². The summed E-state index contributed by atoms with van der Waals surface area (Å²) in [5, 5.41) is 13.6. The average molecular weight is 429 g/mol. The molecule has 31 heavy (non-hydrogen) atoms. The predicted molar refractivity (Wildman–Crippen MR) is 117 cm³/mol. The smallest absolute Gasteiger partial charge is 0.244 e. The number of nitrogens with zero attached hydrogens (tertiary/aromatic N) is 1. The van der Waals surface area contributed by atoms with Crippen molar-refractivity contribution in [1.29, 1.82) is 5.41 Å². The fraction of sp³-hybridized carbons (Fsp3) is 0.545. The Kier molecular flexibility index (Phi) is 7.07. The molecule has 1 amide bonds. The van der Waals surface area contributed by atoms with Crippen LogP contribution in [0.4, 0.5) is 0 Å². The van der Waals surface area contributed by atoms with E-state index in [-0.39, 0.29) is 30.5 Å². The van der Waals surface area contributed by atoms with Crippen LogP contribution in [-0.4, -0.2) is 59.5 Å². The Morgan fingerprint density at radius 2 is 2.16 bits per heavy atom. The molecular formula is C22H32N6O3. The summed E-state index contributed by atoms with van der Waals surface area (Å²) < 4.78 is 0. The van der Waals surface area contributed by atoms with Crippen molar-refractivity contribution in [2.45, 2.75) is 62.7 Å². The highest BCUT2D eigenvalue weighted by Crippen LogP contribution is 2.29. The van der Waals surface area contributed by atoms with Crippen molar-refractivity contribution >= 4 is 23.9 Å². The van der Waals surface area contributed by atoms with Crippen LogP contribution in [0, 0.1) is 5.41 Å². The van der Waals surface area contributed by atoms with Gasteiger partial charge in [-0.2, -0.15) is 0 Å². The van der Waals surface area contributed by atoms with Crippen LogP contribution in [0.25, 0.3) is 0 Å². The van der Waals surface area contributed by atoms with Gasteiger partial charge in [-0.25, -0.2) is 0 Å². The van der Waals surface area contributed by atoms with Gasteiger partial charge in [-0.3, -0.25) is 15.0 Å². The second kappa shape index (κ2) is 9.57. The molecule has 0 aliphatic carbocycles. The van der Waals surface area contributed by atoms with Crippen LogP contribution in [0.1, 0.15) is 49.8 Å². The van der Waals surface area contributed by atoms with Gasteiger partial charge >= 0.3 is 0 Å². The van der Waals surface area contributed by atoms with Gasteiger partial charge in [-0.1, -0.05) is 24.3 Å². The number of hydrogen-bond acceptors (Lipinski definition) is 6. The summed E-state index contributed by atoms with van der Waals surface area (Å²) in [6, 6.07) is 6.02. The van der Waals surface area contributed by atoms with Gasteiger partial charge in [0.15, 0.2) is 11.7 Å². The summed E-state index contributed by atoms with van der Waals surface area (Å²) >= 11 is 0. The van der Waals surface area contributed by atoms with Gasteiger partial charge in [0.2, 0.25) is 5.91 Å². The molecule has 2 aliphatic heterocycles. The molecule has 2 aliphatic rings. The number of benzene rings is 1. The van der Waals surface area contributed by atoms with E-state index in [4.69, 9.17) is 16.9 Å². The molecule has 0 aromatic heterocycles. The Morgan fingerprint density at radius 1 is 1.42 bits per heavy atom. The zero-order chi connectivity index (χ0) is 22.6. The molecule has 1 fully saturated rings. The fourth-order valence-electron chi connectivity index (χ4n) is 4.44. The molecule has 2 heterocycles. The lowest BCUT2D eigenvalue weighted by molar-refractivity contribution is -0.140. The lowest BCUT2D eigenvalue weighted by Gasteiger charge is -2.33. The van der Waals surface area contributed by atoms with Crippen molar-refractivity contribution in [1.82, 2.24) is 15.5 Å². The maximum absolute atomic E-state index is 13.4. The van der Waals surface area contributed by atoms with E-state index in [0.717, 1.165) is 24.0 Å². The molecule has 1 aromatic rings. The van der Waals surface area contributed by atoms with Gasteiger partial charge in [-0.15, -0.1) is 0 Å². The minimum atomic E-state index is -1.07. The molecule has 0 saturated carbocycles. The van der Waals surface area contributed by atoms with Crippen molar-refractivity contribution in [3.8, 4) is 0 Å². The first-order chi connectivity index (χ1) is 14.7. The van der Waals surface area contributed by atoms with E-state index in [2.05, 4.69) is 10.6 Å². The number of aldehydes is 1. The maximum Gasteiger partial charge on any atom is 0.244 e. The summed E-state index contributed by atoms with van der Waals surface area (Å²) in [6.45, 7) is 2.80. The number of hydrogen-bond donors (Lipinski definition) is 5. The number of ketones is 1. The van der Waals surface area contributed by atoms with E-state index < -0.39 is 23.7 Å². The predicted octanol–water partition coefficient (Wildman–Crippen LogP) is -0.0183. The maximum atomic E-state index is 13.4. The van der Waals surface area contributed by atoms with E-state index in [1.54, 1.807) is 11.8 Å². The lowest BCUT2D eigenvalue weighted by atomic mass is 9.91. The van der Waals surface area contributed by atoms with Crippen LogP contribution in [0.15, 0.2) is 24.3 Å². The van der Waals surface area contributed by atoms with Gasteiger partial charge in [0.1, 0.15) is 12.3 Å². The Labute approximate surface area is 182 Å². The van der Waals surface area contributed by atoms with Crippen LogP contribution < -0.4 is 22.1 Å². The minimum Gasteiger partial charge on any atom is -0.370 e. The average Bonchev–Trinajstić information content (AvgIpc) is 3.25. The van der Waals surface area contributed by atoms with Crippen molar-refractivity contribution in [3.63, 3.8) is 0 Å². The quantitative estimate of drug-likeness (QED) is 0.221. The Morgan fingerprint density at radius 3 is 2.87 bits per heavy atom. The number of likely N-dealkylation sites (tertiary alicyclic amines) is 1. The molecule has 3 rings (SSSR count). The first kappa shape index (κ1) is 22.9. The molecule has 168 valence electrons. The minimum absolute atomic E-state index is 0.110. The summed E-state index contributed by atoms with van der Waals surface area (Å²) in [5.74, 6) is -0.644. The fourth-order valence-corrected chi connectivity index (χ4v) is 4.44. The van der Waals surface area contributed by atoms with Gasteiger partial charge in [-0.05, 0) is 50.2 Å². The molecule has 9 nitrogen and oxygen atoms in total. The Bertz CT molecular complexity index is 855. The number of amides is 1. The van der Waals surface area contributed by atoms with Crippen LogP contribution >= 0.6 is 0 Å². The van der Waals surface area contributed by atoms with E-state index in [1.807, 2.05) is 24.3 Å². The SMILES string of the molecule is C[C@@](N)(C=O)CCC(NC(=N)N)C(=O)[C@@H]1CCCN1C(=O)C1NCCc2ccccc21. The van der Waals surface area contributed by atoms with Crippen LogP contribution in [0.3, 0.4) is 0 Å². The zero-order valence-corrected chi connectivity index (χ0v) is 17.9. The first-order valence-corrected chi connectivity index (χ1v) is 10.7. The highest BCUT2D eigenvalue weighted by atomic mass is 16.2. The first-order valence-electron chi connectivity index (χ1n) is 10.7. The normalized spacial score (nSPS) is 23.4. The number of guanidine groups is 1. The highest BCUT2D eigenvalue weighted by molar-refractivity contribution is 5.96. The Hall–Kier alpha value is -2.78. The monoisotopic (exact) mass is 428 g/mol. The van der Waals surface area contributed by atoms with Gasteiger partial charge in [0.25, 0.3) is 0 Å². The van der Waals surface area contributed by atoms with Crippen molar-refractivity contribution in [2.24, 2.45) is 11.5 Å². The third kappa shape index (κ3) is 5.29. The molecule has 0 radical (unpaired) electrons. The number of carbonyl (C=O) groups is 3. The number of Topliss-reactive ketones (excluding diaryl/α,β-unsaturated/α-hetero) is 1. The van der Waals surface area contributed by atoms with Gasteiger partial charge < -0.3 is 31.8 Å². The summed E-state index contributed by atoms with van der Waals surface area (Å²) in [7, 11) is 0. The third-order valence-electron chi connectivity index (χ3n) is 6.13. The van der Waals surface area contributed by atoms with E-state index >= 15 is 0 Å². The van der Waals surface area contributed by atoms with Crippen LogP contribution in [0.2, 0.25) is 0 Å². The molecule has 0 spiro atoms. The molecule has 1 saturated heterocycles. The standard InChI is InChI=1S/C22H32N6O3/c1-22(25,13-29)10-8-16(27-21(23)24)19(30)17-7-4-12-28(17)20(31)18-15-6-3-2-5-14(15)9-11-26-18/h2-3,5-6,13,16-18,26H,4,7-12,25H2,1H3,(H4,23,24,27)/t16?,17-,18?,22-/m0/s1. The second-order valence-electron chi connectivity index (χ2n) is 8.70. The van der Waals surface area contributed by atoms with Crippen LogP contribution in [0.5, 0.6) is 0 Å². The lowest BCUT2D eigenvalue weighted by Crippen LogP contribution is -2.54. The molecular weight excluding hydrogens is 396 g/mol. The summed E-state index contributed by atoms with van der Waals surface area (Å²) in [4.78, 5) is 39.6. The Balaban J connectivity index is 1.77. The molecule has 1 aromatic carbocycles. The zero-order valence-electron chi connectivity index (χ0n) is 17.9. The van der Waals surface area contributed by atoms with E-state index in [1.165, 1.54) is 0 Å².